The normalized spacial score (nSPS) is 12.0. The molecule has 0 aliphatic rings. The molecule has 0 spiro atoms. The molecule has 0 aromatic heterocycles. The third-order valence-corrected chi connectivity index (χ3v) is 6.96. The second-order valence-corrected chi connectivity index (χ2v) is 9.81. The van der Waals surface area contributed by atoms with Crippen molar-refractivity contribution in [2.45, 2.75) is 22.3 Å². The molecule has 0 unspecified atom stereocenters. The van der Waals surface area contributed by atoms with Crippen molar-refractivity contribution >= 4 is 27.4 Å². The fourth-order valence-corrected chi connectivity index (χ4v) is 4.65. The molecule has 3 rings (SSSR count). The van der Waals surface area contributed by atoms with E-state index in [9.17, 15) is 27.8 Å². The van der Waals surface area contributed by atoms with Gasteiger partial charge >= 0.3 is 29.6 Å². The van der Waals surface area contributed by atoms with Crippen LogP contribution in [0.2, 0.25) is 5.02 Å². The summed E-state index contributed by atoms with van der Waals surface area (Å²) in [5, 5.41) is 24.3. The summed E-state index contributed by atoms with van der Waals surface area (Å²) in [6.45, 7) is 0.0439. The van der Waals surface area contributed by atoms with Gasteiger partial charge in [-0.2, -0.15) is 0 Å². The maximum Gasteiger partial charge on any atom is 1.00 e. The second kappa shape index (κ2) is 13.4. The number of aliphatic carboxylic acids is 1. The average Bonchev–Trinajstić information content (AvgIpc) is 2.81. The molecule has 0 radical (unpaired) electrons. The number of nitrogens with one attached hydrogen (secondary N) is 1. The van der Waals surface area contributed by atoms with E-state index in [1.54, 1.807) is 36.4 Å². The van der Waals surface area contributed by atoms with Crippen molar-refractivity contribution in [2.75, 3.05) is 19.7 Å². The van der Waals surface area contributed by atoms with E-state index in [0.717, 1.165) is 23.8 Å². The third-order valence-electron chi connectivity index (χ3n) is 4.95. The number of rotatable bonds is 11. The van der Waals surface area contributed by atoms with Gasteiger partial charge in [0.1, 0.15) is 6.61 Å². The molecule has 2 N–H and O–H groups in total. The zero-order valence-electron chi connectivity index (χ0n) is 18.9. The minimum atomic E-state index is -3.98. The first-order chi connectivity index (χ1) is 16.2. The van der Waals surface area contributed by atoms with Crippen LogP contribution in [0, 0.1) is 5.82 Å². The number of ether oxygens (including phenoxy) is 1. The molecule has 35 heavy (non-hydrogen) atoms. The first-order valence-corrected chi connectivity index (χ1v) is 12.1. The van der Waals surface area contributed by atoms with Gasteiger partial charge in [0.2, 0.25) is 9.84 Å². The second-order valence-electron chi connectivity index (χ2n) is 7.43. The minimum absolute atomic E-state index is 0. The van der Waals surface area contributed by atoms with Crippen molar-refractivity contribution in [2.24, 2.45) is 0 Å². The molecule has 0 amide bonds. The maximum absolute atomic E-state index is 14.1. The predicted octanol–water partition coefficient (Wildman–Crippen LogP) is -0.690. The van der Waals surface area contributed by atoms with Crippen LogP contribution < -0.4 is 44.7 Å². The third kappa shape index (κ3) is 8.28. The molecule has 0 aliphatic heterocycles. The van der Waals surface area contributed by atoms with Crippen LogP contribution in [0.3, 0.4) is 0 Å². The molecule has 0 aliphatic carbocycles. The first kappa shape index (κ1) is 29.3. The van der Waals surface area contributed by atoms with Crippen LogP contribution in [-0.4, -0.2) is 39.2 Å². The molecule has 0 saturated heterocycles. The summed E-state index contributed by atoms with van der Waals surface area (Å²) < 4.78 is 44.5. The van der Waals surface area contributed by atoms with E-state index in [0.29, 0.717) is 30.1 Å². The van der Waals surface area contributed by atoms with Gasteiger partial charge in [-0.25, -0.2) is 12.8 Å². The molecule has 3 aromatic rings. The quantitative estimate of drug-likeness (QED) is 0.249. The Morgan fingerprint density at radius 3 is 2.40 bits per heavy atom. The Morgan fingerprint density at radius 2 is 1.77 bits per heavy atom. The SMILES string of the molecule is O=C([O-])COc1ccc(S(=O)(=O)c2ccc(CCNC[C@H](O)c3cccc(Cl)c3)cc2)cc1F.[Na+]. The fraction of sp³-hybridized carbons (Fsp3) is 0.208. The van der Waals surface area contributed by atoms with E-state index in [4.69, 9.17) is 16.3 Å². The summed E-state index contributed by atoms with van der Waals surface area (Å²) in [5.74, 6) is -2.90. The Morgan fingerprint density at radius 1 is 1.09 bits per heavy atom. The number of halogens is 2. The molecule has 0 heterocycles. The smallest absolute Gasteiger partial charge is 0.546 e. The molecule has 11 heteroatoms. The largest absolute Gasteiger partial charge is 1.00 e. The summed E-state index contributed by atoms with van der Waals surface area (Å²) in [6.07, 6.45) is -0.106. The Bertz CT molecular complexity index is 1260. The van der Waals surface area contributed by atoms with Crippen molar-refractivity contribution in [3.63, 3.8) is 0 Å². The predicted molar refractivity (Wildman–Crippen MR) is 122 cm³/mol. The van der Waals surface area contributed by atoms with E-state index < -0.39 is 34.3 Å². The van der Waals surface area contributed by atoms with Gasteiger partial charge in [-0.3, -0.25) is 0 Å². The number of hydrogen-bond acceptors (Lipinski definition) is 7. The zero-order chi connectivity index (χ0) is 24.7. The zero-order valence-corrected chi connectivity index (χ0v) is 22.5. The van der Waals surface area contributed by atoms with Crippen LogP contribution in [0.15, 0.2) is 76.5 Å². The molecule has 0 bridgehead atoms. The van der Waals surface area contributed by atoms with Gasteiger partial charge in [-0.05, 0) is 66.6 Å². The number of sulfone groups is 1. The fourth-order valence-electron chi connectivity index (χ4n) is 3.18. The Hall–Kier alpha value is -1.98. The Labute approximate surface area is 230 Å². The van der Waals surface area contributed by atoms with Gasteiger partial charge in [0.05, 0.1) is 21.9 Å². The Balaban J connectivity index is 0.00000432. The number of carboxylic acid groups (broad SMARTS) is 1. The monoisotopic (exact) mass is 529 g/mol. The van der Waals surface area contributed by atoms with Crippen molar-refractivity contribution < 1.29 is 62.1 Å². The molecule has 0 saturated carbocycles. The van der Waals surface area contributed by atoms with Crippen LogP contribution in [0.1, 0.15) is 17.2 Å². The molecule has 3 aromatic carbocycles. The van der Waals surface area contributed by atoms with Crippen molar-refractivity contribution in [3.8, 4) is 5.75 Å². The standard InChI is InChI=1S/C24H23ClFNO6S.Na/c25-18-3-1-2-17(12-18)22(28)14-27-11-10-16-4-6-19(7-5-16)34(31,32)20-8-9-23(21(26)13-20)33-15-24(29)30;/h1-9,12-13,22,27-28H,10-11,14-15H2,(H,29,30);/q;+1/p-1/t22-;/m0./s1. The molecule has 7 nitrogen and oxygen atoms in total. The van der Waals surface area contributed by atoms with E-state index in [2.05, 4.69) is 5.32 Å². The summed E-state index contributed by atoms with van der Waals surface area (Å²) in [5.41, 5.74) is 1.59. The van der Waals surface area contributed by atoms with Gasteiger partial charge in [-0.1, -0.05) is 35.9 Å². The number of aliphatic hydroxyl groups is 1. The number of hydrogen-bond donors (Lipinski definition) is 2. The van der Waals surface area contributed by atoms with E-state index in [1.807, 2.05) is 0 Å². The number of aliphatic hydroxyl groups excluding tert-OH is 1. The van der Waals surface area contributed by atoms with Crippen molar-refractivity contribution in [1.29, 1.82) is 0 Å². The first-order valence-electron chi connectivity index (χ1n) is 10.3. The number of carboxylic acids is 1. The molecular weight excluding hydrogens is 508 g/mol. The minimum Gasteiger partial charge on any atom is -0.546 e. The summed E-state index contributed by atoms with van der Waals surface area (Å²) in [7, 11) is -3.98. The van der Waals surface area contributed by atoms with Crippen LogP contribution in [-0.2, 0) is 21.1 Å². The van der Waals surface area contributed by atoms with E-state index in [-0.39, 0.29) is 45.1 Å². The maximum atomic E-state index is 14.1. The van der Waals surface area contributed by atoms with Gasteiger partial charge in [0.15, 0.2) is 11.6 Å². The number of benzene rings is 3. The van der Waals surface area contributed by atoms with Crippen LogP contribution in [0.5, 0.6) is 5.75 Å². The van der Waals surface area contributed by atoms with Gasteiger partial charge in [0, 0.05) is 11.6 Å². The van der Waals surface area contributed by atoms with Crippen LogP contribution >= 0.6 is 11.6 Å². The Kier molecular flexibility index (Phi) is 11.2. The van der Waals surface area contributed by atoms with Gasteiger partial charge in [0.25, 0.3) is 0 Å². The topological polar surface area (TPSA) is 116 Å². The van der Waals surface area contributed by atoms with Crippen molar-refractivity contribution in [3.05, 3.63) is 88.7 Å². The number of carbonyl (C=O) groups is 1. The average molecular weight is 530 g/mol. The van der Waals surface area contributed by atoms with Gasteiger partial charge < -0.3 is 25.1 Å². The summed E-state index contributed by atoms with van der Waals surface area (Å²) >= 11 is 5.93. The summed E-state index contributed by atoms with van der Waals surface area (Å²) in [4.78, 5) is 10.1. The molecule has 180 valence electrons. The molecular formula is C24H22ClFNNaO6S. The summed E-state index contributed by atoms with van der Waals surface area (Å²) in [6, 6.07) is 16.2. The van der Waals surface area contributed by atoms with Crippen LogP contribution in [0.25, 0.3) is 0 Å². The van der Waals surface area contributed by atoms with Crippen LogP contribution in [0.4, 0.5) is 4.39 Å². The van der Waals surface area contributed by atoms with Gasteiger partial charge in [-0.15, -0.1) is 0 Å². The van der Waals surface area contributed by atoms with Crippen molar-refractivity contribution in [1.82, 2.24) is 5.32 Å². The van der Waals surface area contributed by atoms with E-state index in [1.165, 1.54) is 12.1 Å². The molecule has 1 atom stereocenters. The number of carbonyl (C=O) groups excluding carboxylic acids is 1. The molecule has 0 fully saturated rings. The van der Waals surface area contributed by atoms with E-state index >= 15 is 0 Å².